The summed E-state index contributed by atoms with van der Waals surface area (Å²) in [4.78, 5) is 26.8. The molecule has 0 atom stereocenters. The van der Waals surface area contributed by atoms with Crippen molar-refractivity contribution in [1.29, 1.82) is 0 Å². The number of rotatable bonds is 6. The first-order valence-electron chi connectivity index (χ1n) is 9.26. The SMILES string of the molecule is O=C(C[NH+]1CC[NH+](CC(=O)Nc2ccc(Br)cc2)CC1)Nc1ccc(F)cc1. The van der Waals surface area contributed by atoms with Crippen molar-refractivity contribution in [3.05, 3.63) is 58.8 Å². The van der Waals surface area contributed by atoms with Gasteiger partial charge < -0.3 is 20.4 Å². The molecule has 0 unspecified atom stereocenters. The van der Waals surface area contributed by atoms with Gasteiger partial charge in [0, 0.05) is 15.8 Å². The Labute approximate surface area is 171 Å². The molecule has 1 aliphatic heterocycles. The van der Waals surface area contributed by atoms with E-state index < -0.39 is 0 Å². The summed E-state index contributed by atoms with van der Waals surface area (Å²) in [5, 5.41) is 5.70. The van der Waals surface area contributed by atoms with Crippen molar-refractivity contribution in [2.45, 2.75) is 0 Å². The van der Waals surface area contributed by atoms with Gasteiger partial charge in [-0.05, 0) is 48.5 Å². The molecule has 0 aromatic heterocycles. The fraction of sp³-hybridized carbons (Fsp3) is 0.300. The Bertz CT molecular complexity index is 736. The monoisotopic (exact) mass is 450 g/mol. The number of hydrogen-bond acceptors (Lipinski definition) is 2. The maximum absolute atomic E-state index is 12.9. The van der Waals surface area contributed by atoms with Gasteiger partial charge in [0.2, 0.25) is 0 Å². The summed E-state index contributed by atoms with van der Waals surface area (Å²) in [6.07, 6.45) is 0. The molecular weight excluding hydrogens is 427 g/mol. The van der Waals surface area contributed by atoms with E-state index in [0.29, 0.717) is 18.8 Å². The number of quaternary nitrogens is 2. The van der Waals surface area contributed by atoms with Crippen LogP contribution in [0, 0.1) is 5.82 Å². The molecule has 0 radical (unpaired) electrons. The number of piperazine rings is 1. The third-order valence-electron chi connectivity index (χ3n) is 4.74. The number of carbonyl (C=O) groups excluding carboxylic acids is 2. The first-order chi connectivity index (χ1) is 13.5. The Balaban J connectivity index is 1.37. The van der Waals surface area contributed by atoms with Crippen molar-refractivity contribution in [2.24, 2.45) is 0 Å². The molecule has 148 valence electrons. The fourth-order valence-electron chi connectivity index (χ4n) is 3.24. The number of halogens is 2. The molecule has 1 aliphatic rings. The predicted molar refractivity (Wildman–Crippen MR) is 109 cm³/mol. The zero-order chi connectivity index (χ0) is 19.9. The van der Waals surface area contributed by atoms with Crippen LogP contribution in [0.3, 0.4) is 0 Å². The summed E-state index contributed by atoms with van der Waals surface area (Å²) < 4.78 is 13.9. The Kier molecular flexibility index (Phi) is 7.13. The largest absolute Gasteiger partial charge is 0.321 e. The first kappa shape index (κ1) is 20.4. The number of carbonyl (C=O) groups is 2. The predicted octanol–water partition coefficient (Wildman–Crippen LogP) is -0.0512. The van der Waals surface area contributed by atoms with Crippen molar-refractivity contribution in [1.82, 2.24) is 0 Å². The van der Waals surface area contributed by atoms with Crippen molar-refractivity contribution < 1.29 is 23.8 Å². The van der Waals surface area contributed by atoms with Crippen LogP contribution in [0.4, 0.5) is 15.8 Å². The molecule has 0 spiro atoms. The molecular formula is C20H24BrFN4O2+2. The molecule has 0 bridgehead atoms. The molecule has 3 rings (SSSR count). The lowest BCUT2D eigenvalue weighted by molar-refractivity contribution is -1.00. The van der Waals surface area contributed by atoms with Gasteiger partial charge in [-0.15, -0.1) is 0 Å². The van der Waals surface area contributed by atoms with Gasteiger partial charge in [-0.2, -0.15) is 0 Å². The van der Waals surface area contributed by atoms with Crippen molar-refractivity contribution in [3.63, 3.8) is 0 Å². The van der Waals surface area contributed by atoms with Gasteiger partial charge >= 0.3 is 0 Å². The van der Waals surface area contributed by atoms with E-state index in [4.69, 9.17) is 0 Å². The average molecular weight is 451 g/mol. The normalized spacial score (nSPS) is 19.1. The molecule has 0 aliphatic carbocycles. The minimum absolute atomic E-state index is 0.00479. The number of nitrogens with one attached hydrogen (secondary N) is 4. The van der Waals surface area contributed by atoms with Gasteiger partial charge in [-0.1, -0.05) is 15.9 Å². The molecule has 2 aromatic carbocycles. The summed E-state index contributed by atoms with van der Waals surface area (Å²) in [6, 6.07) is 13.2. The topological polar surface area (TPSA) is 67.1 Å². The van der Waals surface area contributed by atoms with Crippen LogP contribution in [-0.4, -0.2) is 51.1 Å². The molecule has 8 heteroatoms. The highest BCUT2D eigenvalue weighted by Gasteiger charge is 2.26. The highest BCUT2D eigenvalue weighted by atomic mass is 79.9. The zero-order valence-electron chi connectivity index (χ0n) is 15.4. The van der Waals surface area contributed by atoms with Gasteiger partial charge in [-0.3, -0.25) is 9.59 Å². The number of benzene rings is 2. The lowest BCUT2D eigenvalue weighted by Gasteiger charge is -2.28. The summed E-state index contributed by atoms with van der Waals surface area (Å²) in [7, 11) is 0. The van der Waals surface area contributed by atoms with E-state index in [2.05, 4.69) is 26.6 Å². The van der Waals surface area contributed by atoms with Gasteiger partial charge in [0.05, 0.1) is 0 Å². The third kappa shape index (κ3) is 6.40. The Morgan fingerprint density at radius 1 is 0.786 bits per heavy atom. The number of anilines is 2. The average Bonchev–Trinajstić information content (AvgIpc) is 2.67. The minimum atomic E-state index is -0.327. The standard InChI is InChI=1S/C20H22BrFN4O2/c21-15-1-5-17(6-2-15)23-19(27)13-25-9-11-26(12-10-25)14-20(28)24-18-7-3-16(22)4-8-18/h1-8H,9-14H2,(H,23,27)(H,24,28)/p+2. The van der Waals surface area contributed by atoms with E-state index in [1.807, 2.05) is 24.3 Å². The molecule has 0 saturated carbocycles. The first-order valence-corrected chi connectivity index (χ1v) is 10.1. The second kappa shape index (κ2) is 9.77. The number of amides is 2. The van der Waals surface area contributed by atoms with Crippen molar-refractivity contribution >= 4 is 39.1 Å². The fourth-order valence-corrected chi connectivity index (χ4v) is 3.51. The summed E-state index contributed by atoms with van der Waals surface area (Å²) in [5.41, 5.74) is 1.38. The van der Waals surface area contributed by atoms with Gasteiger partial charge in [-0.25, -0.2) is 4.39 Å². The van der Waals surface area contributed by atoms with Crippen LogP contribution in [-0.2, 0) is 9.59 Å². The summed E-state index contributed by atoms with van der Waals surface area (Å²) in [6.45, 7) is 4.14. The van der Waals surface area contributed by atoms with E-state index in [9.17, 15) is 14.0 Å². The smallest absolute Gasteiger partial charge is 0.279 e. The van der Waals surface area contributed by atoms with E-state index in [-0.39, 0.29) is 17.6 Å². The lowest BCUT2D eigenvalue weighted by atomic mass is 10.2. The highest BCUT2D eigenvalue weighted by Crippen LogP contribution is 2.13. The maximum Gasteiger partial charge on any atom is 0.279 e. The molecule has 2 amide bonds. The van der Waals surface area contributed by atoms with Crippen LogP contribution in [0.15, 0.2) is 53.0 Å². The van der Waals surface area contributed by atoms with E-state index >= 15 is 0 Å². The van der Waals surface area contributed by atoms with Crippen LogP contribution in [0.1, 0.15) is 0 Å². The molecule has 2 aromatic rings. The van der Waals surface area contributed by atoms with Crippen LogP contribution in [0.5, 0.6) is 0 Å². The van der Waals surface area contributed by atoms with E-state index in [0.717, 1.165) is 36.3 Å². The van der Waals surface area contributed by atoms with Crippen LogP contribution in [0.2, 0.25) is 0 Å². The minimum Gasteiger partial charge on any atom is -0.321 e. The van der Waals surface area contributed by atoms with Crippen LogP contribution in [0.25, 0.3) is 0 Å². The molecule has 28 heavy (non-hydrogen) atoms. The summed E-state index contributed by atoms with van der Waals surface area (Å²) >= 11 is 3.37. The second-order valence-electron chi connectivity index (χ2n) is 6.96. The van der Waals surface area contributed by atoms with Gasteiger partial charge in [0.25, 0.3) is 11.8 Å². The molecule has 6 nitrogen and oxygen atoms in total. The van der Waals surface area contributed by atoms with Crippen molar-refractivity contribution in [3.8, 4) is 0 Å². The Hall–Kier alpha value is -2.29. The van der Waals surface area contributed by atoms with E-state index in [1.54, 1.807) is 12.1 Å². The maximum atomic E-state index is 12.9. The zero-order valence-corrected chi connectivity index (χ0v) is 17.0. The second-order valence-corrected chi connectivity index (χ2v) is 7.88. The Morgan fingerprint density at radius 2 is 1.18 bits per heavy atom. The molecule has 4 N–H and O–H groups in total. The number of hydrogen-bond donors (Lipinski definition) is 4. The van der Waals surface area contributed by atoms with Gasteiger partial charge in [0.15, 0.2) is 13.1 Å². The highest BCUT2D eigenvalue weighted by molar-refractivity contribution is 9.10. The molecule has 1 heterocycles. The molecule has 1 fully saturated rings. The summed E-state index contributed by atoms with van der Waals surface area (Å²) in [5.74, 6) is -0.417. The quantitative estimate of drug-likeness (QED) is 0.498. The third-order valence-corrected chi connectivity index (χ3v) is 5.27. The lowest BCUT2D eigenvalue weighted by Crippen LogP contribution is -3.28. The Morgan fingerprint density at radius 3 is 1.61 bits per heavy atom. The van der Waals surface area contributed by atoms with E-state index in [1.165, 1.54) is 21.9 Å². The van der Waals surface area contributed by atoms with Crippen molar-refractivity contribution in [2.75, 3.05) is 49.9 Å². The van der Waals surface area contributed by atoms with Gasteiger partial charge in [0.1, 0.15) is 32.0 Å². The van der Waals surface area contributed by atoms with Crippen LogP contribution < -0.4 is 20.4 Å². The molecule has 1 saturated heterocycles. The van der Waals surface area contributed by atoms with Crippen LogP contribution >= 0.6 is 15.9 Å².